The molecule has 19 heavy (non-hydrogen) atoms. The van der Waals surface area contributed by atoms with Gasteiger partial charge in [-0.3, -0.25) is 9.59 Å². The monoisotopic (exact) mass is 284 g/mol. The second-order valence-electron chi connectivity index (χ2n) is 5.01. The molecule has 0 saturated carbocycles. The number of thiophene rings is 1. The molecule has 0 aliphatic carbocycles. The van der Waals surface area contributed by atoms with Gasteiger partial charge in [0.2, 0.25) is 5.91 Å². The summed E-state index contributed by atoms with van der Waals surface area (Å²) in [5.74, 6) is -0.820. The molecule has 106 valence electrons. The zero-order chi connectivity index (χ0) is 14.5. The van der Waals surface area contributed by atoms with Crippen molar-refractivity contribution in [1.82, 2.24) is 10.6 Å². The van der Waals surface area contributed by atoms with Gasteiger partial charge < -0.3 is 15.7 Å². The predicted octanol–water partition coefficient (Wildman–Crippen LogP) is 1.24. The van der Waals surface area contributed by atoms with Gasteiger partial charge in [0.05, 0.1) is 11.8 Å². The van der Waals surface area contributed by atoms with Crippen LogP contribution in [0.2, 0.25) is 0 Å². The number of aliphatic carboxylic acids is 1. The molecule has 5 nitrogen and oxygen atoms in total. The van der Waals surface area contributed by atoms with Crippen LogP contribution in [0.3, 0.4) is 0 Å². The van der Waals surface area contributed by atoms with E-state index in [9.17, 15) is 9.59 Å². The van der Waals surface area contributed by atoms with Crippen LogP contribution >= 0.6 is 11.3 Å². The highest BCUT2D eigenvalue weighted by Gasteiger charge is 2.25. The summed E-state index contributed by atoms with van der Waals surface area (Å²) in [6.07, 6.45) is 0.0639. The maximum absolute atomic E-state index is 11.6. The van der Waals surface area contributed by atoms with Gasteiger partial charge >= 0.3 is 5.97 Å². The minimum atomic E-state index is -0.817. The first-order valence-electron chi connectivity index (χ1n) is 6.07. The van der Waals surface area contributed by atoms with Crippen molar-refractivity contribution in [2.75, 3.05) is 13.6 Å². The quantitative estimate of drug-likeness (QED) is 0.704. The third-order valence-electron chi connectivity index (χ3n) is 2.75. The Morgan fingerprint density at radius 1 is 1.32 bits per heavy atom. The fourth-order valence-corrected chi connectivity index (χ4v) is 2.66. The Labute approximate surface area is 117 Å². The Balaban J connectivity index is 2.43. The minimum absolute atomic E-state index is 0.00209. The molecule has 6 heteroatoms. The topological polar surface area (TPSA) is 78.4 Å². The Hall–Kier alpha value is -1.40. The first kappa shape index (κ1) is 15.7. The van der Waals surface area contributed by atoms with Gasteiger partial charge in [0.25, 0.3) is 0 Å². The van der Waals surface area contributed by atoms with E-state index in [1.807, 2.05) is 26.0 Å². The van der Waals surface area contributed by atoms with Gasteiger partial charge in [0.15, 0.2) is 0 Å². The molecule has 0 radical (unpaired) electrons. The summed E-state index contributed by atoms with van der Waals surface area (Å²) in [6, 6.07) is 3.75. The van der Waals surface area contributed by atoms with Crippen LogP contribution in [-0.4, -0.2) is 30.6 Å². The average Bonchev–Trinajstić information content (AvgIpc) is 2.74. The van der Waals surface area contributed by atoms with Gasteiger partial charge in [-0.25, -0.2) is 0 Å². The van der Waals surface area contributed by atoms with Gasteiger partial charge in [-0.2, -0.15) is 0 Å². The molecule has 1 aromatic heterocycles. The summed E-state index contributed by atoms with van der Waals surface area (Å²) < 4.78 is 0. The lowest BCUT2D eigenvalue weighted by Gasteiger charge is -2.22. The van der Waals surface area contributed by atoms with Crippen molar-refractivity contribution >= 4 is 23.2 Å². The molecular formula is C13H20N2O3S. The van der Waals surface area contributed by atoms with Crippen molar-refractivity contribution < 1.29 is 14.7 Å². The molecule has 1 heterocycles. The van der Waals surface area contributed by atoms with Gasteiger partial charge in [-0.1, -0.05) is 0 Å². The Kier molecular flexibility index (Phi) is 5.50. The molecule has 1 aromatic rings. The van der Waals surface area contributed by atoms with E-state index in [0.29, 0.717) is 13.1 Å². The number of hydrogen-bond donors (Lipinski definition) is 3. The molecular weight excluding hydrogens is 264 g/mol. The van der Waals surface area contributed by atoms with Crippen molar-refractivity contribution in [2.24, 2.45) is 5.41 Å². The van der Waals surface area contributed by atoms with Crippen LogP contribution in [0.4, 0.5) is 0 Å². The summed E-state index contributed by atoms with van der Waals surface area (Å²) in [5.41, 5.74) is -0.462. The van der Waals surface area contributed by atoms with E-state index in [4.69, 9.17) is 5.11 Å². The number of rotatable bonds is 7. The third kappa shape index (κ3) is 5.00. The summed E-state index contributed by atoms with van der Waals surface area (Å²) >= 11 is 1.48. The van der Waals surface area contributed by atoms with E-state index in [1.54, 1.807) is 7.05 Å². The van der Waals surface area contributed by atoms with Crippen LogP contribution in [0.1, 0.15) is 23.6 Å². The minimum Gasteiger partial charge on any atom is -0.481 e. The van der Waals surface area contributed by atoms with E-state index in [1.165, 1.54) is 11.3 Å². The first-order valence-corrected chi connectivity index (χ1v) is 6.89. The van der Waals surface area contributed by atoms with Crippen LogP contribution in [0.25, 0.3) is 0 Å². The first-order chi connectivity index (χ1) is 8.85. The lowest BCUT2D eigenvalue weighted by molar-refractivity contribution is -0.136. The van der Waals surface area contributed by atoms with E-state index >= 15 is 0 Å². The fourth-order valence-electron chi connectivity index (χ4n) is 1.68. The zero-order valence-electron chi connectivity index (χ0n) is 11.4. The SMILES string of the molecule is CNC(=O)C(C)(C)CNCc1ccc(CC(=O)O)s1. The molecule has 3 N–H and O–H groups in total. The number of carbonyl (C=O) groups is 2. The van der Waals surface area contributed by atoms with Crippen molar-refractivity contribution in [3.8, 4) is 0 Å². The molecule has 0 aromatic carbocycles. The second-order valence-corrected chi connectivity index (χ2v) is 6.26. The van der Waals surface area contributed by atoms with Crippen LogP contribution in [0, 0.1) is 5.41 Å². The second kappa shape index (κ2) is 6.68. The molecule has 0 bridgehead atoms. The Bertz CT molecular complexity index is 454. The van der Waals surface area contributed by atoms with E-state index in [-0.39, 0.29) is 12.3 Å². The van der Waals surface area contributed by atoms with Gasteiger partial charge in [-0.05, 0) is 26.0 Å². The molecule has 0 unspecified atom stereocenters. The molecule has 1 amide bonds. The van der Waals surface area contributed by atoms with E-state index in [0.717, 1.165) is 9.75 Å². The van der Waals surface area contributed by atoms with Crippen LogP contribution in [0.5, 0.6) is 0 Å². The van der Waals surface area contributed by atoms with E-state index < -0.39 is 11.4 Å². The van der Waals surface area contributed by atoms with Crippen molar-refractivity contribution in [3.05, 3.63) is 21.9 Å². The normalized spacial score (nSPS) is 11.3. The molecule has 0 saturated heterocycles. The van der Waals surface area contributed by atoms with Gasteiger partial charge in [0, 0.05) is 29.9 Å². The largest absolute Gasteiger partial charge is 0.481 e. The third-order valence-corrected chi connectivity index (χ3v) is 3.84. The number of carbonyl (C=O) groups excluding carboxylic acids is 1. The Morgan fingerprint density at radius 3 is 2.53 bits per heavy atom. The number of carboxylic acids is 1. The van der Waals surface area contributed by atoms with Crippen molar-refractivity contribution in [2.45, 2.75) is 26.8 Å². The summed E-state index contributed by atoms with van der Waals surface area (Å²) in [5, 5.41) is 14.6. The standard InChI is InChI=1S/C13H20N2O3S/c1-13(2,12(18)14-3)8-15-7-10-5-4-9(19-10)6-11(16)17/h4-5,15H,6-8H2,1-3H3,(H,14,18)(H,16,17). The molecule has 0 fully saturated rings. The van der Waals surface area contributed by atoms with Gasteiger partial charge in [-0.15, -0.1) is 11.3 Å². The van der Waals surface area contributed by atoms with Gasteiger partial charge in [0.1, 0.15) is 0 Å². The summed E-state index contributed by atoms with van der Waals surface area (Å²) in [4.78, 5) is 24.1. The summed E-state index contributed by atoms with van der Waals surface area (Å²) in [7, 11) is 1.63. The molecule has 1 rings (SSSR count). The lowest BCUT2D eigenvalue weighted by Crippen LogP contribution is -2.41. The van der Waals surface area contributed by atoms with Crippen LogP contribution < -0.4 is 10.6 Å². The van der Waals surface area contributed by atoms with Crippen molar-refractivity contribution in [1.29, 1.82) is 0 Å². The number of nitrogens with one attached hydrogen (secondary N) is 2. The molecule has 0 aliphatic rings. The highest BCUT2D eigenvalue weighted by Crippen LogP contribution is 2.18. The number of carboxylic acid groups (broad SMARTS) is 1. The fraction of sp³-hybridized carbons (Fsp3) is 0.538. The Morgan fingerprint density at radius 2 is 1.95 bits per heavy atom. The number of amides is 1. The predicted molar refractivity (Wildman–Crippen MR) is 75.2 cm³/mol. The maximum Gasteiger partial charge on any atom is 0.308 e. The van der Waals surface area contributed by atoms with Crippen LogP contribution in [-0.2, 0) is 22.6 Å². The highest BCUT2D eigenvalue weighted by atomic mass is 32.1. The molecule has 0 spiro atoms. The zero-order valence-corrected chi connectivity index (χ0v) is 12.3. The summed E-state index contributed by atoms with van der Waals surface area (Å²) in [6.45, 7) is 4.97. The number of hydrogen-bond acceptors (Lipinski definition) is 4. The van der Waals surface area contributed by atoms with Crippen molar-refractivity contribution in [3.63, 3.8) is 0 Å². The maximum atomic E-state index is 11.6. The van der Waals surface area contributed by atoms with E-state index in [2.05, 4.69) is 10.6 Å². The molecule has 0 atom stereocenters. The smallest absolute Gasteiger partial charge is 0.308 e. The average molecular weight is 284 g/mol. The van der Waals surface area contributed by atoms with Crippen LogP contribution in [0.15, 0.2) is 12.1 Å². The highest BCUT2D eigenvalue weighted by molar-refractivity contribution is 7.12. The lowest BCUT2D eigenvalue weighted by atomic mass is 9.92. The molecule has 0 aliphatic heterocycles.